The molecule has 1 amide bonds. The van der Waals surface area contributed by atoms with E-state index in [1.165, 1.54) is 0 Å². The van der Waals surface area contributed by atoms with Crippen LogP contribution in [-0.2, 0) is 0 Å². The molecular formula is C21H24Cl2N4O2. The van der Waals surface area contributed by atoms with E-state index in [4.69, 9.17) is 21.9 Å². The Morgan fingerprint density at radius 3 is 2.90 bits per heavy atom. The van der Waals surface area contributed by atoms with E-state index in [0.29, 0.717) is 45.5 Å². The fourth-order valence-corrected chi connectivity index (χ4v) is 4.04. The van der Waals surface area contributed by atoms with E-state index in [9.17, 15) is 4.79 Å². The van der Waals surface area contributed by atoms with E-state index in [2.05, 4.69) is 10.1 Å². The summed E-state index contributed by atoms with van der Waals surface area (Å²) >= 11 is 6.14. The van der Waals surface area contributed by atoms with Crippen LogP contribution in [0.1, 0.15) is 35.8 Å². The van der Waals surface area contributed by atoms with Crippen LogP contribution < -0.4 is 5.73 Å². The van der Waals surface area contributed by atoms with Gasteiger partial charge in [-0.05, 0) is 50.8 Å². The van der Waals surface area contributed by atoms with Gasteiger partial charge in [-0.3, -0.25) is 4.79 Å². The Kier molecular flexibility index (Phi) is 6.46. The van der Waals surface area contributed by atoms with Gasteiger partial charge in [0.1, 0.15) is 0 Å². The van der Waals surface area contributed by atoms with Gasteiger partial charge in [-0.15, -0.1) is 12.4 Å². The van der Waals surface area contributed by atoms with Crippen molar-refractivity contribution in [3.8, 4) is 11.3 Å². The number of piperidine rings is 1. The van der Waals surface area contributed by atoms with Gasteiger partial charge >= 0.3 is 0 Å². The zero-order valence-electron chi connectivity index (χ0n) is 16.4. The quantitative estimate of drug-likeness (QED) is 0.656. The van der Waals surface area contributed by atoms with Crippen LogP contribution in [0.25, 0.3) is 22.4 Å². The number of hydrogen-bond acceptors (Lipinski definition) is 5. The Hall–Kier alpha value is -2.15. The molecule has 1 aromatic carbocycles. The molecule has 2 N–H and O–H groups in total. The molecule has 154 valence electrons. The maximum atomic E-state index is 13.4. The van der Waals surface area contributed by atoms with Crippen molar-refractivity contribution >= 4 is 41.0 Å². The number of amides is 1. The molecule has 0 radical (unpaired) electrons. The molecule has 29 heavy (non-hydrogen) atoms. The monoisotopic (exact) mass is 434 g/mol. The molecule has 0 spiro atoms. The highest BCUT2D eigenvalue weighted by Gasteiger charge is 2.29. The number of aromatic nitrogens is 2. The molecular weight excluding hydrogens is 411 g/mol. The first kappa shape index (κ1) is 21.6. The van der Waals surface area contributed by atoms with Crippen LogP contribution in [0.15, 0.2) is 34.9 Å². The normalized spacial score (nSPS) is 17.8. The number of halogens is 2. The SMILES string of the molecule is Cc1noc2nc(-c3cccc(Cl)c3)cc(C(=O)N3CCCC(C(C)N)C3)c12.Cl. The Morgan fingerprint density at radius 1 is 1.38 bits per heavy atom. The van der Waals surface area contributed by atoms with E-state index in [-0.39, 0.29) is 24.4 Å². The maximum Gasteiger partial charge on any atom is 0.259 e. The average molecular weight is 435 g/mol. The molecule has 0 bridgehead atoms. The lowest BCUT2D eigenvalue weighted by Crippen LogP contribution is -2.45. The molecule has 0 saturated carbocycles. The zero-order valence-corrected chi connectivity index (χ0v) is 18.0. The van der Waals surface area contributed by atoms with Crippen molar-refractivity contribution in [3.05, 3.63) is 46.6 Å². The van der Waals surface area contributed by atoms with Crippen LogP contribution in [0.3, 0.4) is 0 Å². The van der Waals surface area contributed by atoms with Gasteiger partial charge in [0.2, 0.25) is 0 Å². The number of likely N-dealkylation sites (tertiary alicyclic amines) is 1. The average Bonchev–Trinajstić information content (AvgIpc) is 3.08. The Morgan fingerprint density at radius 2 is 2.17 bits per heavy atom. The fraction of sp³-hybridized carbons (Fsp3) is 0.381. The van der Waals surface area contributed by atoms with Gasteiger partial charge in [0.05, 0.1) is 22.3 Å². The Labute approximate surface area is 180 Å². The summed E-state index contributed by atoms with van der Waals surface area (Å²) in [6.07, 6.45) is 2.00. The van der Waals surface area contributed by atoms with Crippen molar-refractivity contribution < 1.29 is 9.32 Å². The number of hydrogen-bond donors (Lipinski definition) is 1. The lowest BCUT2D eigenvalue weighted by molar-refractivity contribution is 0.0663. The molecule has 2 atom stereocenters. The van der Waals surface area contributed by atoms with Crippen LogP contribution in [0.5, 0.6) is 0 Å². The highest BCUT2D eigenvalue weighted by molar-refractivity contribution is 6.30. The van der Waals surface area contributed by atoms with E-state index in [1.807, 2.05) is 43.0 Å². The lowest BCUT2D eigenvalue weighted by atomic mass is 9.91. The van der Waals surface area contributed by atoms with Gasteiger partial charge in [0.25, 0.3) is 11.6 Å². The predicted molar refractivity (Wildman–Crippen MR) is 117 cm³/mol. The topological polar surface area (TPSA) is 85.2 Å². The predicted octanol–water partition coefficient (Wildman–Crippen LogP) is 4.47. The smallest absolute Gasteiger partial charge is 0.259 e. The summed E-state index contributed by atoms with van der Waals surface area (Å²) in [5.74, 6) is 0.276. The first-order valence-corrected chi connectivity index (χ1v) is 9.89. The van der Waals surface area contributed by atoms with Crippen molar-refractivity contribution in [1.82, 2.24) is 15.0 Å². The van der Waals surface area contributed by atoms with Crippen LogP contribution >= 0.6 is 24.0 Å². The number of fused-ring (bicyclic) bond motifs is 1. The zero-order chi connectivity index (χ0) is 19.8. The van der Waals surface area contributed by atoms with Crippen LogP contribution in [0.4, 0.5) is 0 Å². The molecule has 1 saturated heterocycles. The number of carbonyl (C=O) groups is 1. The number of aryl methyl sites for hydroxylation is 1. The molecule has 3 heterocycles. The Balaban J connectivity index is 0.00000240. The third-order valence-electron chi connectivity index (χ3n) is 5.46. The minimum absolute atomic E-state index is 0. The molecule has 1 aliphatic heterocycles. The van der Waals surface area contributed by atoms with Gasteiger partial charge in [-0.2, -0.15) is 0 Å². The second-order valence-electron chi connectivity index (χ2n) is 7.53. The van der Waals surface area contributed by atoms with Gasteiger partial charge < -0.3 is 15.2 Å². The summed E-state index contributed by atoms with van der Waals surface area (Å²) in [7, 11) is 0. The third-order valence-corrected chi connectivity index (χ3v) is 5.69. The highest BCUT2D eigenvalue weighted by Crippen LogP contribution is 2.30. The summed E-state index contributed by atoms with van der Waals surface area (Å²) in [5, 5.41) is 5.30. The molecule has 1 fully saturated rings. The number of benzene rings is 1. The minimum Gasteiger partial charge on any atom is -0.338 e. The highest BCUT2D eigenvalue weighted by atomic mass is 35.5. The summed E-state index contributed by atoms with van der Waals surface area (Å²) < 4.78 is 5.39. The maximum absolute atomic E-state index is 13.4. The van der Waals surface area contributed by atoms with Gasteiger partial charge in [-0.1, -0.05) is 28.9 Å². The first-order valence-electron chi connectivity index (χ1n) is 9.52. The molecule has 1 aliphatic rings. The number of carbonyl (C=O) groups excluding carboxylic acids is 1. The standard InChI is InChI=1S/C21H23ClN4O2.ClH/c1-12(23)15-6-4-8-26(11-15)21(27)17-10-18(14-5-3-7-16(22)9-14)24-20-19(17)13(2)25-28-20;/h3,5,7,9-10,12,15H,4,6,8,11,23H2,1-2H3;1H. The van der Waals surface area contributed by atoms with Crippen molar-refractivity contribution in [2.75, 3.05) is 13.1 Å². The second kappa shape index (κ2) is 8.69. The van der Waals surface area contributed by atoms with E-state index < -0.39 is 0 Å². The lowest BCUT2D eigenvalue weighted by Gasteiger charge is -2.34. The van der Waals surface area contributed by atoms with E-state index in [0.717, 1.165) is 24.9 Å². The number of nitrogens with zero attached hydrogens (tertiary/aromatic N) is 3. The Bertz CT molecular complexity index is 1030. The fourth-order valence-electron chi connectivity index (χ4n) is 3.85. The number of pyridine rings is 1. The van der Waals surface area contributed by atoms with Crippen LogP contribution in [0.2, 0.25) is 5.02 Å². The first-order chi connectivity index (χ1) is 13.4. The molecule has 6 nitrogen and oxygen atoms in total. The molecule has 3 aromatic rings. The number of nitrogens with two attached hydrogens (primary N) is 1. The summed E-state index contributed by atoms with van der Waals surface area (Å²) in [6, 6.07) is 9.26. The van der Waals surface area contributed by atoms with Crippen molar-refractivity contribution in [2.45, 2.75) is 32.7 Å². The summed E-state index contributed by atoms with van der Waals surface area (Å²) in [4.78, 5) is 19.9. The molecule has 2 unspecified atom stereocenters. The molecule has 0 aliphatic carbocycles. The van der Waals surface area contributed by atoms with Crippen molar-refractivity contribution in [3.63, 3.8) is 0 Å². The van der Waals surface area contributed by atoms with Crippen LogP contribution in [-0.4, -0.2) is 40.1 Å². The molecule has 8 heteroatoms. The minimum atomic E-state index is -0.0349. The van der Waals surface area contributed by atoms with Gasteiger partial charge in [-0.25, -0.2) is 4.98 Å². The number of rotatable bonds is 3. The van der Waals surface area contributed by atoms with Crippen LogP contribution in [0, 0.1) is 12.8 Å². The third kappa shape index (κ3) is 4.25. The largest absolute Gasteiger partial charge is 0.338 e. The molecule has 2 aromatic heterocycles. The van der Waals surface area contributed by atoms with Gasteiger partial charge in [0.15, 0.2) is 0 Å². The van der Waals surface area contributed by atoms with E-state index in [1.54, 1.807) is 6.07 Å². The van der Waals surface area contributed by atoms with Gasteiger partial charge in [0, 0.05) is 29.7 Å². The summed E-state index contributed by atoms with van der Waals surface area (Å²) in [6.45, 7) is 5.22. The second-order valence-corrected chi connectivity index (χ2v) is 7.96. The van der Waals surface area contributed by atoms with Crippen molar-refractivity contribution in [2.24, 2.45) is 11.7 Å². The summed E-state index contributed by atoms with van der Waals surface area (Å²) in [5.41, 5.74) is 9.13. The van der Waals surface area contributed by atoms with Crippen molar-refractivity contribution in [1.29, 1.82) is 0 Å². The molecule has 4 rings (SSSR count). The van der Waals surface area contributed by atoms with E-state index >= 15 is 0 Å².